The molecule has 4 nitrogen and oxygen atoms in total. The van der Waals surface area contributed by atoms with Gasteiger partial charge in [-0.2, -0.15) is 0 Å². The van der Waals surface area contributed by atoms with Crippen LogP contribution in [-0.4, -0.2) is 37.1 Å². The number of rotatable bonds is 5. The van der Waals surface area contributed by atoms with Gasteiger partial charge >= 0.3 is 0 Å². The van der Waals surface area contributed by atoms with Crippen LogP contribution in [0.25, 0.3) is 0 Å². The molecule has 0 N–H and O–H groups in total. The van der Waals surface area contributed by atoms with Gasteiger partial charge in [0.1, 0.15) is 12.4 Å². The lowest BCUT2D eigenvalue weighted by Crippen LogP contribution is -2.42. The first kappa shape index (κ1) is 18.2. The van der Waals surface area contributed by atoms with Gasteiger partial charge in [-0.1, -0.05) is 31.2 Å². The van der Waals surface area contributed by atoms with E-state index in [2.05, 4.69) is 37.8 Å². The third-order valence-corrected chi connectivity index (χ3v) is 8.09. The van der Waals surface area contributed by atoms with E-state index in [9.17, 15) is 4.79 Å². The molecule has 5 atom stereocenters. The number of benzene rings is 1. The number of amides is 1. The van der Waals surface area contributed by atoms with Gasteiger partial charge in [-0.25, -0.2) is 0 Å². The molecule has 2 bridgehead atoms. The maximum Gasteiger partial charge on any atom is 0.222 e. The highest BCUT2D eigenvalue weighted by Crippen LogP contribution is 2.68. The van der Waals surface area contributed by atoms with Crippen molar-refractivity contribution in [1.82, 2.24) is 4.90 Å². The average molecular weight is 382 g/mol. The Labute approximate surface area is 167 Å². The summed E-state index contributed by atoms with van der Waals surface area (Å²) in [5, 5.41) is 0. The Morgan fingerprint density at radius 1 is 1.32 bits per heavy atom. The van der Waals surface area contributed by atoms with E-state index in [4.69, 9.17) is 9.47 Å². The number of carbonyl (C=O) groups is 1. The van der Waals surface area contributed by atoms with Crippen molar-refractivity contribution in [1.29, 1.82) is 0 Å². The average Bonchev–Trinajstić information content (AvgIpc) is 3.36. The Hall–Kier alpha value is -1.81. The zero-order valence-electron chi connectivity index (χ0n) is 16.9. The molecule has 0 aromatic heterocycles. The van der Waals surface area contributed by atoms with Crippen molar-refractivity contribution in [3.05, 3.63) is 42.0 Å². The van der Waals surface area contributed by atoms with Gasteiger partial charge in [0.15, 0.2) is 0 Å². The van der Waals surface area contributed by atoms with Crippen molar-refractivity contribution in [3.63, 3.8) is 0 Å². The minimum absolute atomic E-state index is 0.200. The molecular formula is C24H31NO3. The zero-order chi connectivity index (χ0) is 19.3. The third kappa shape index (κ3) is 2.80. The Bertz CT molecular complexity index is 773. The van der Waals surface area contributed by atoms with Gasteiger partial charge in [0.25, 0.3) is 0 Å². The molecule has 1 aromatic carbocycles. The highest BCUT2D eigenvalue weighted by atomic mass is 16.5. The molecule has 2 aliphatic carbocycles. The van der Waals surface area contributed by atoms with Gasteiger partial charge in [-0.3, -0.25) is 4.79 Å². The summed E-state index contributed by atoms with van der Waals surface area (Å²) in [7, 11) is 0. The second kappa shape index (κ2) is 6.91. The minimum atomic E-state index is 0.200. The van der Waals surface area contributed by atoms with E-state index in [-0.39, 0.29) is 12.0 Å². The molecule has 4 heteroatoms. The lowest BCUT2D eigenvalue weighted by Gasteiger charge is -2.48. The largest absolute Gasteiger partial charge is 0.492 e. The Balaban J connectivity index is 1.23. The van der Waals surface area contributed by atoms with Gasteiger partial charge in [0.05, 0.1) is 12.6 Å². The van der Waals surface area contributed by atoms with Crippen LogP contribution < -0.4 is 4.74 Å². The molecule has 28 heavy (non-hydrogen) atoms. The quantitative estimate of drug-likeness (QED) is 0.711. The molecule has 2 saturated carbocycles. The fraction of sp³-hybridized carbons (Fsp3) is 0.625. The SMILES string of the molecule is C=C1[C@@H]2C[C@@H]3[C@@H](c4ccc(OCCN5CCCC5=O)cc4)OCC[C@]3(C2)[C@H]1C. The van der Waals surface area contributed by atoms with Crippen LogP contribution in [0.5, 0.6) is 5.75 Å². The van der Waals surface area contributed by atoms with Crippen LogP contribution in [0.1, 0.15) is 50.7 Å². The van der Waals surface area contributed by atoms with E-state index in [1.807, 2.05) is 4.90 Å². The summed E-state index contributed by atoms with van der Waals surface area (Å²) in [5.41, 5.74) is 3.16. The summed E-state index contributed by atoms with van der Waals surface area (Å²) < 4.78 is 12.2. The van der Waals surface area contributed by atoms with Crippen LogP contribution in [0.4, 0.5) is 0 Å². The van der Waals surface area contributed by atoms with E-state index in [1.54, 1.807) is 0 Å². The first-order valence-electron chi connectivity index (χ1n) is 10.9. The topological polar surface area (TPSA) is 38.8 Å². The van der Waals surface area contributed by atoms with Crippen molar-refractivity contribution < 1.29 is 14.3 Å². The molecule has 1 amide bonds. The zero-order valence-corrected chi connectivity index (χ0v) is 16.9. The van der Waals surface area contributed by atoms with E-state index in [0.29, 0.717) is 42.7 Å². The number of nitrogens with zero attached hydrogens (tertiary/aromatic N) is 1. The van der Waals surface area contributed by atoms with Crippen LogP contribution >= 0.6 is 0 Å². The summed E-state index contributed by atoms with van der Waals surface area (Å²) >= 11 is 0. The standard InChI is InChI=1S/C24H31NO3/c1-16-17(2)24-9-12-28-23(21(24)14-19(16)15-24)18-5-7-20(8-6-18)27-13-11-25-10-3-4-22(25)26/h5-8,17,19,21,23H,1,3-4,9-15H2,2H3/t17-,19+,21+,23+,24-/m0/s1. The van der Waals surface area contributed by atoms with Crippen molar-refractivity contribution in [3.8, 4) is 5.75 Å². The number of ether oxygens (including phenoxy) is 2. The lowest BCUT2D eigenvalue weighted by atomic mass is 9.62. The van der Waals surface area contributed by atoms with E-state index < -0.39 is 0 Å². The Morgan fingerprint density at radius 2 is 2.14 bits per heavy atom. The number of likely N-dealkylation sites (tertiary alicyclic amines) is 1. The fourth-order valence-electron chi connectivity index (χ4n) is 6.46. The Morgan fingerprint density at radius 3 is 2.86 bits per heavy atom. The number of fused-ring (bicyclic) bond motifs is 1. The van der Waals surface area contributed by atoms with E-state index in [0.717, 1.165) is 25.3 Å². The van der Waals surface area contributed by atoms with Gasteiger partial charge in [-0.05, 0) is 66.5 Å². The molecule has 5 rings (SSSR count). The van der Waals surface area contributed by atoms with Crippen molar-refractivity contribution >= 4 is 5.91 Å². The first-order valence-corrected chi connectivity index (χ1v) is 10.9. The van der Waals surface area contributed by atoms with Gasteiger partial charge in [0, 0.05) is 19.6 Å². The Kier molecular flexibility index (Phi) is 4.50. The summed E-state index contributed by atoms with van der Waals surface area (Å²) in [4.78, 5) is 13.6. The van der Waals surface area contributed by atoms with Crippen LogP contribution in [0.15, 0.2) is 36.4 Å². The van der Waals surface area contributed by atoms with Crippen LogP contribution in [0.2, 0.25) is 0 Å². The second-order valence-electron chi connectivity index (χ2n) is 9.22. The molecule has 1 spiro atoms. The predicted octanol–water partition coefficient (Wildman–Crippen LogP) is 4.37. The van der Waals surface area contributed by atoms with Crippen LogP contribution in [0.3, 0.4) is 0 Å². The highest BCUT2D eigenvalue weighted by Gasteiger charge is 2.61. The monoisotopic (exact) mass is 381 g/mol. The third-order valence-electron chi connectivity index (χ3n) is 8.09. The lowest BCUT2D eigenvalue weighted by molar-refractivity contribution is -0.128. The van der Waals surface area contributed by atoms with Crippen LogP contribution in [-0.2, 0) is 9.53 Å². The summed E-state index contributed by atoms with van der Waals surface area (Å²) in [5.74, 6) is 3.05. The van der Waals surface area contributed by atoms with Crippen molar-refractivity contribution in [2.75, 3.05) is 26.3 Å². The maximum absolute atomic E-state index is 11.7. The van der Waals surface area contributed by atoms with Crippen LogP contribution in [0, 0.1) is 23.2 Å². The van der Waals surface area contributed by atoms with E-state index in [1.165, 1.54) is 30.4 Å². The molecule has 2 aliphatic heterocycles. The summed E-state index contributed by atoms with van der Waals surface area (Å²) in [6.45, 7) is 9.74. The van der Waals surface area contributed by atoms with Gasteiger partial charge in [0.2, 0.25) is 5.91 Å². The smallest absolute Gasteiger partial charge is 0.222 e. The molecule has 150 valence electrons. The van der Waals surface area contributed by atoms with Gasteiger partial charge < -0.3 is 14.4 Å². The molecule has 4 aliphatic rings. The fourth-order valence-corrected chi connectivity index (χ4v) is 6.46. The molecule has 4 fully saturated rings. The molecular weight excluding hydrogens is 350 g/mol. The number of allylic oxidation sites excluding steroid dienone is 1. The molecule has 2 heterocycles. The number of carbonyl (C=O) groups excluding carboxylic acids is 1. The van der Waals surface area contributed by atoms with Crippen molar-refractivity contribution in [2.24, 2.45) is 23.2 Å². The minimum Gasteiger partial charge on any atom is -0.492 e. The normalized spacial score (nSPS) is 36.8. The highest BCUT2D eigenvalue weighted by molar-refractivity contribution is 5.78. The number of hydrogen-bond donors (Lipinski definition) is 0. The first-order chi connectivity index (χ1) is 13.6. The molecule has 0 unspecified atom stereocenters. The summed E-state index contributed by atoms with van der Waals surface area (Å²) in [6.07, 6.45) is 5.59. The predicted molar refractivity (Wildman–Crippen MR) is 108 cm³/mol. The molecule has 0 radical (unpaired) electrons. The van der Waals surface area contributed by atoms with E-state index >= 15 is 0 Å². The van der Waals surface area contributed by atoms with Crippen molar-refractivity contribution in [2.45, 2.75) is 45.1 Å². The molecule has 2 saturated heterocycles. The second-order valence-corrected chi connectivity index (χ2v) is 9.22. The van der Waals surface area contributed by atoms with Gasteiger partial charge in [-0.15, -0.1) is 0 Å². The molecule has 1 aromatic rings. The number of hydrogen-bond acceptors (Lipinski definition) is 3. The summed E-state index contributed by atoms with van der Waals surface area (Å²) in [6, 6.07) is 8.46. The maximum atomic E-state index is 11.7.